The summed E-state index contributed by atoms with van der Waals surface area (Å²) >= 11 is 0. The third-order valence-electron chi connectivity index (χ3n) is 4.84. The Bertz CT molecular complexity index is 690. The van der Waals surface area contributed by atoms with E-state index in [2.05, 4.69) is 0 Å². The summed E-state index contributed by atoms with van der Waals surface area (Å²) < 4.78 is 32.4. The molecule has 6 nitrogen and oxygen atoms in total. The van der Waals surface area contributed by atoms with E-state index in [0.29, 0.717) is 57.1 Å². The number of aryl methyl sites for hydroxylation is 1. The summed E-state index contributed by atoms with van der Waals surface area (Å²) in [6, 6.07) is 7.04. The highest BCUT2D eigenvalue weighted by Crippen LogP contribution is 2.26. The van der Waals surface area contributed by atoms with Crippen LogP contribution < -0.4 is 0 Å². The van der Waals surface area contributed by atoms with Crippen LogP contribution in [-0.2, 0) is 19.6 Å². The van der Waals surface area contributed by atoms with E-state index in [9.17, 15) is 13.2 Å². The van der Waals surface area contributed by atoms with Gasteiger partial charge < -0.3 is 9.64 Å². The van der Waals surface area contributed by atoms with Gasteiger partial charge in [0, 0.05) is 32.1 Å². The average molecular weight is 352 g/mol. The molecule has 1 aromatic rings. The molecule has 0 aromatic heterocycles. The molecule has 3 rings (SSSR count). The van der Waals surface area contributed by atoms with Gasteiger partial charge >= 0.3 is 0 Å². The van der Waals surface area contributed by atoms with Crippen molar-refractivity contribution in [2.24, 2.45) is 5.92 Å². The van der Waals surface area contributed by atoms with Crippen LogP contribution >= 0.6 is 0 Å². The highest BCUT2D eigenvalue weighted by molar-refractivity contribution is 7.89. The SMILES string of the molecule is Cc1ccccc1S(=O)(=O)N1CCC(C(=O)N2CCOCC2)CC1. The first-order chi connectivity index (χ1) is 11.5. The van der Waals surface area contributed by atoms with Crippen molar-refractivity contribution < 1.29 is 17.9 Å². The van der Waals surface area contributed by atoms with Gasteiger partial charge in [-0.25, -0.2) is 8.42 Å². The molecule has 0 N–H and O–H groups in total. The number of piperidine rings is 1. The molecule has 2 fully saturated rings. The van der Waals surface area contributed by atoms with Gasteiger partial charge in [-0.1, -0.05) is 18.2 Å². The fourth-order valence-corrected chi connectivity index (χ4v) is 5.07. The predicted molar refractivity (Wildman–Crippen MR) is 90.1 cm³/mol. The van der Waals surface area contributed by atoms with Gasteiger partial charge in [0.1, 0.15) is 0 Å². The summed E-state index contributed by atoms with van der Waals surface area (Å²) in [7, 11) is -3.48. The molecule has 24 heavy (non-hydrogen) atoms. The van der Waals surface area contributed by atoms with Crippen molar-refractivity contribution in [3.63, 3.8) is 0 Å². The summed E-state index contributed by atoms with van der Waals surface area (Å²) in [6.07, 6.45) is 1.17. The molecule has 1 aromatic carbocycles. The van der Waals surface area contributed by atoms with Gasteiger partial charge in [0.2, 0.25) is 15.9 Å². The largest absolute Gasteiger partial charge is 0.378 e. The number of amides is 1. The second kappa shape index (κ2) is 7.21. The molecule has 132 valence electrons. The zero-order valence-corrected chi connectivity index (χ0v) is 14.8. The molecule has 2 aliphatic heterocycles. The molecule has 1 amide bonds. The second-order valence-electron chi connectivity index (χ2n) is 6.38. The van der Waals surface area contributed by atoms with E-state index in [1.165, 1.54) is 4.31 Å². The van der Waals surface area contributed by atoms with E-state index >= 15 is 0 Å². The molecule has 7 heteroatoms. The van der Waals surface area contributed by atoms with Gasteiger partial charge in [0.05, 0.1) is 18.1 Å². The minimum Gasteiger partial charge on any atom is -0.378 e. The highest BCUT2D eigenvalue weighted by atomic mass is 32.2. The molecule has 0 saturated carbocycles. The van der Waals surface area contributed by atoms with Crippen LogP contribution in [-0.4, -0.2) is 62.9 Å². The van der Waals surface area contributed by atoms with Crippen molar-refractivity contribution in [1.82, 2.24) is 9.21 Å². The van der Waals surface area contributed by atoms with Crippen molar-refractivity contribution >= 4 is 15.9 Å². The fraction of sp³-hybridized carbons (Fsp3) is 0.588. The van der Waals surface area contributed by atoms with Gasteiger partial charge in [-0.15, -0.1) is 0 Å². The van der Waals surface area contributed by atoms with Crippen molar-refractivity contribution in [2.45, 2.75) is 24.7 Å². The molecule has 2 aliphatic rings. The van der Waals surface area contributed by atoms with Gasteiger partial charge in [0.15, 0.2) is 0 Å². The van der Waals surface area contributed by atoms with E-state index in [-0.39, 0.29) is 11.8 Å². The zero-order chi connectivity index (χ0) is 17.2. The number of nitrogens with zero attached hydrogens (tertiary/aromatic N) is 2. The molecule has 2 saturated heterocycles. The number of rotatable bonds is 3. The number of hydrogen-bond donors (Lipinski definition) is 0. The first-order valence-corrected chi connectivity index (χ1v) is 9.86. The van der Waals surface area contributed by atoms with Crippen LogP contribution in [0.1, 0.15) is 18.4 Å². The lowest BCUT2D eigenvalue weighted by Gasteiger charge is -2.35. The van der Waals surface area contributed by atoms with Crippen molar-refractivity contribution in [3.8, 4) is 0 Å². The van der Waals surface area contributed by atoms with E-state index in [1.54, 1.807) is 12.1 Å². The smallest absolute Gasteiger partial charge is 0.243 e. The van der Waals surface area contributed by atoms with Crippen LogP contribution in [0.3, 0.4) is 0 Å². The lowest BCUT2D eigenvalue weighted by Crippen LogP contribution is -2.47. The Kier molecular flexibility index (Phi) is 5.22. The summed E-state index contributed by atoms with van der Waals surface area (Å²) in [6.45, 7) is 5.07. The molecule has 0 aliphatic carbocycles. The molecule has 0 bridgehead atoms. The second-order valence-corrected chi connectivity index (χ2v) is 8.29. The molecule has 0 atom stereocenters. The maximum Gasteiger partial charge on any atom is 0.243 e. The lowest BCUT2D eigenvalue weighted by atomic mass is 9.96. The molecule has 0 spiro atoms. The molecular formula is C17H24N2O4S. The van der Waals surface area contributed by atoms with Crippen LogP contribution in [0.25, 0.3) is 0 Å². The maximum absolute atomic E-state index is 12.8. The third-order valence-corrected chi connectivity index (χ3v) is 6.90. The Labute approximate surface area is 143 Å². The van der Waals surface area contributed by atoms with Gasteiger partial charge in [-0.05, 0) is 31.4 Å². The Morgan fingerprint density at radius 3 is 2.33 bits per heavy atom. The van der Waals surface area contributed by atoms with Crippen LogP contribution in [0.15, 0.2) is 29.2 Å². The average Bonchev–Trinajstić information content (AvgIpc) is 2.62. The zero-order valence-electron chi connectivity index (χ0n) is 14.0. The summed E-state index contributed by atoms with van der Waals surface area (Å²) in [5, 5.41) is 0. The summed E-state index contributed by atoms with van der Waals surface area (Å²) in [5.41, 5.74) is 0.754. The Morgan fingerprint density at radius 2 is 1.71 bits per heavy atom. The van der Waals surface area contributed by atoms with E-state index < -0.39 is 10.0 Å². The number of carbonyl (C=O) groups excluding carboxylic acids is 1. The minimum absolute atomic E-state index is 0.0774. The van der Waals surface area contributed by atoms with Crippen LogP contribution in [0, 0.1) is 12.8 Å². The standard InChI is InChI=1S/C17H24N2O4S/c1-14-4-2-3-5-16(14)24(21,22)19-8-6-15(7-9-19)17(20)18-10-12-23-13-11-18/h2-5,15H,6-13H2,1H3. The van der Waals surface area contributed by atoms with E-state index in [4.69, 9.17) is 4.74 Å². The summed E-state index contributed by atoms with van der Waals surface area (Å²) in [5.74, 6) is 0.0673. The van der Waals surface area contributed by atoms with Crippen LogP contribution in [0.5, 0.6) is 0 Å². The number of benzene rings is 1. The Morgan fingerprint density at radius 1 is 1.08 bits per heavy atom. The fourth-order valence-electron chi connectivity index (χ4n) is 3.37. The van der Waals surface area contributed by atoms with E-state index in [1.807, 2.05) is 24.0 Å². The molecule has 2 heterocycles. The van der Waals surface area contributed by atoms with Crippen molar-refractivity contribution in [1.29, 1.82) is 0 Å². The van der Waals surface area contributed by atoms with Gasteiger partial charge in [-0.3, -0.25) is 4.79 Å². The topological polar surface area (TPSA) is 66.9 Å². The third kappa shape index (κ3) is 3.48. The number of carbonyl (C=O) groups is 1. The first kappa shape index (κ1) is 17.4. The monoisotopic (exact) mass is 352 g/mol. The van der Waals surface area contributed by atoms with Crippen LogP contribution in [0.2, 0.25) is 0 Å². The molecule has 0 unspecified atom stereocenters. The Balaban J connectivity index is 1.64. The maximum atomic E-state index is 12.8. The molecule has 0 radical (unpaired) electrons. The first-order valence-electron chi connectivity index (χ1n) is 8.42. The Hall–Kier alpha value is -1.44. The van der Waals surface area contributed by atoms with Gasteiger partial charge in [0.25, 0.3) is 0 Å². The van der Waals surface area contributed by atoms with Gasteiger partial charge in [-0.2, -0.15) is 4.31 Å². The van der Waals surface area contributed by atoms with Crippen LogP contribution in [0.4, 0.5) is 0 Å². The lowest BCUT2D eigenvalue weighted by molar-refractivity contribution is -0.140. The number of ether oxygens (including phenoxy) is 1. The number of sulfonamides is 1. The number of hydrogen-bond acceptors (Lipinski definition) is 4. The normalized spacial score (nSPS) is 21.0. The highest BCUT2D eigenvalue weighted by Gasteiger charge is 2.34. The van der Waals surface area contributed by atoms with E-state index in [0.717, 1.165) is 5.56 Å². The van der Waals surface area contributed by atoms with Crippen molar-refractivity contribution in [3.05, 3.63) is 29.8 Å². The molecular weight excluding hydrogens is 328 g/mol. The minimum atomic E-state index is -3.48. The summed E-state index contributed by atoms with van der Waals surface area (Å²) in [4.78, 5) is 14.7. The quantitative estimate of drug-likeness (QED) is 0.821. The number of morpholine rings is 1. The van der Waals surface area contributed by atoms with Crippen molar-refractivity contribution in [2.75, 3.05) is 39.4 Å². The predicted octanol–water partition coefficient (Wildman–Crippen LogP) is 1.25.